The summed E-state index contributed by atoms with van der Waals surface area (Å²) in [5.41, 5.74) is 2.92. The van der Waals surface area contributed by atoms with Crippen molar-refractivity contribution in [2.24, 2.45) is 5.10 Å². The molecule has 0 aliphatic heterocycles. The Morgan fingerprint density at radius 1 is 1.33 bits per heavy atom. The zero-order valence-corrected chi connectivity index (χ0v) is 14.8. The van der Waals surface area contributed by atoms with Crippen LogP contribution in [0.15, 0.2) is 47.0 Å². The van der Waals surface area contributed by atoms with Gasteiger partial charge in [-0.15, -0.1) is 11.3 Å². The summed E-state index contributed by atoms with van der Waals surface area (Å²) in [6, 6.07) is 6.18. The van der Waals surface area contributed by atoms with Gasteiger partial charge in [-0.1, -0.05) is 0 Å². The average Bonchev–Trinajstić information content (AvgIpc) is 3.29. The summed E-state index contributed by atoms with van der Waals surface area (Å²) in [6.07, 6.45) is 2.90. The molecule has 10 heteroatoms. The Labute approximate surface area is 156 Å². The van der Waals surface area contributed by atoms with Gasteiger partial charge in [-0.2, -0.15) is 5.10 Å². The van der Waals surface area contributed by atoms with Crippen molar-refractivity contribution in [3.8, 4) is 0 Å². The molecule has 0 spiro atoms. The van der Waals surface area contributed by atoms with E-state index in [0.29, 0.717) is 17.5 Å². The number of carbonyl (C=O) groups excluding carboxylic acids is 2. The second-order valence-corrected chi connectivity index (χ2v) is 6.12. The standard InChI is InChI=1S/C17H13F2N5O2S/c1-10(25)24(15-5-4-11(18)7-13(15)19)17-22-12(9-27-17)8-21-23-16(26)14-3-2-6-20-14/h2-9,20H,1H3,(H,23,26)/b21-8-. The highest BCUT2D eigenvalue weighted by Crippen LogP contribution is 2.30. The molecule has 27 heavy (non-hydrogen) atoms. The Morgan fingerprint density at radius 3 is 2.81 bits per heavy atom. The molecule has 2 amide bonds. The van der Waals surface area contributed by atoms with Gasteiger partial charge in [0, 0.05) is 24.6 Å². The van der Waals surface area contributed by atoms with Gasteiger partial charge in [0.05, 0.1) is 17.6 Å². The van der Waals surface area contributed by atoms with Crippen molar-refractivity contribution in [3.05, 3.63) is 64.9 Å². The van der Waals surface area contributed by atoms with Crippen molar-refractivity contribution in [2.75, 3.05) is 4.90 Å². The van der Waals surface area contributed by atoms with Gasteiger partial charge in [0.25, 0.3) is 5.91 Å². The third kappa shape index (κ3) is 4.23. The van der Waals surface area contributed by atoms with E-state index in [9.17, 15) is 18.4 Å². The van der Waals surface area contributed by atoms with E-state index < -0.39 is 23.4 Å². The lowest BCUT2D eigenvalue weighted by Crippen LogP contribution is -2.23. The Morgan fingerprint density at radius 2 is 2.15 bits per heavy atom. The van der Waals surface area contributed by atoms with Crippen LogP contribution in [-0.4, -0.2) is 28.0 Å². The number of halogens is 2. The molecule has 1 aromatic carbocycles. The summed E-state index contributed by atoms with van der Waals surface area (Å²) in [5, 5.41) is 5.56. The minimum atomic E-state index is -0.881. The monoisotopic (exact) mass is 389 g/mol. The van der Waals surface area contributed by atoms with Gasteiger partial charge in [0.1, 0.15) is 17.3 Å². The Hall–Kier alpha value is -3.40. The van der Waals surface area contributed by atoms with E-state index >= 15 is 0 Å². The van der Waals surface area contributed by atoms with Crippen LogP contribution in [0.3, 0.4) is 0 Å². The zero-order chi connectivity index (χ0) is 19.4. The highest BCUT2D eigenvalue weighted by molar-refractivity contribution is 7.14. The third-order valence-corrected chi connectivity index (χ3v) is 4.22. The van der Waals surface area contributed by atoms with Crippen molar-refractivity contribution in [1.29, 1.82) is 0 Å². The molecule has 3 aromatic rings. The number of hydrazone groups is 1. The number of carbonyl (C=O) groups is 2. The maximum Gasteiger partial charge on any atom is 0.287 e. The van der Waals surface area contributed by atoms with Crippen LogP contribution >= 0.6 is 11.3 Å². The first-order valence-electron chi connectivity index (χ1n) is 7.64. The van der Waals surface area contributed by atoms with Crippen LogP contribution in [-0.2, 0) is 4.79 Å². The summed E-state index contributed by atoms with van der Waals surface area (Å²) in [5.74, 6) is -2.54. The molecule has 7 nitrogen and oxygen atoms in total. The topological polar surface area (TPSA) is 90.4 Å². The van der Waals surface area contributed by atoms with Crippen LogP contribution in [0.25, 0.3) is 0 Å². The highest BCUT2D eigenvalue weighted by atomic mass is 32.1. The molecule has 0 saturated heterocycles. The number of benzene rings is 1. The molecule has 0 atom stereocenters. The highest BCUT2D eigenvalue weighted by Gasteiger charge is 2.21. The molecule has 0 saturated carbocycles. The van der Waals surface area contributed by atoms with Crippen molar-refractivity contribution < 1.29 is 18.4 Å². The van der Waals surface area contributed by atoms with Crippen LogP contribution in [0.2, 0.25) is 0 Å². The first kappa shape index (κ1) is 18.4. The number of hydrogen-bond donors (Lipinski definition) is 2. The molecule has 0 bridgehead atoms. The molecule has 138 valence electrons. The number of H-pyrrole nitrogens is 1. The van der Waals surface area contributed by atoms with Crippen LogP contribution in [0.1, 0.15) is 23.1 Å². The second kappa shape index (κ2) is 7.87. The number of nitrogens with one attached hydrogen (secondary N) is 2. The molecule has 3 rings (SSSR count). The quantitative estimate of drug-likeness (QED) is 0.519. The van der Waals surface area contributed by atoms with Crippen LogP contribution in [0.5, 0.6) is 0 Å². The van der Waals surface area contributed by atoms with E-state index in [2.05, 4.69) is 20.5 Å². The molecule has 2 aromatic heterocycles. The fraction of sp³-hybridized carbons (Fsp3) is 0.0588. The predicted octanol–water partition coefficient (Wildman–Crippen LogP) is 3.20. The molecule has 0 radical (unpaired) electrons. The van der Waals surface area contributed by atoms with Crippen molar-refractivity contribution in [1.82, 2.24) is 15.4 Å². The first-order valence-corrected chi connectivity index (χ1v) is 8.51. The van der Waals surface area contributed by atoms with Gasteiger partial charge in [0.2, 0.25) is 5.91 Å². The van der Waals surface area contributed by atoms with E-state index in [-0.39, 0.29) is 10.8 Å². The summed E-state index contributed by atoms with van der Waals surface area (Å²) in [7, 11) is 0. The van der Waals surface area contributed by atoms with Crippen LogP contribution in [0, 0.1) is 11.6 Å². The third-order valence-electron chi connectivity index (χ3n) is 3.37. The fourth-order valence-electron chi connectivity index (χ4n) is 2.20. The number of hydrogen-bond acceptors (Lipinski definition) is 5. The summed E-state index contributed by atoms with van der Waals surface area (Å²) in [4.78, 5) is 31.7. The van der Waals surface area contributed by atoms with Gasteiger partial charge in [-0.3, -0.25) is 14.5 Å². The number of anilines is 2. The van der Waals surface area contributed by atoms with Crippen molar-refractivity contribution >= 4 is 40.2 Å². The summed E-state index contributed by atoms with van der Waals surface area (Å²) >= 11 is 1.07. The number of rotatable bonds is 5. The lowest BCUT2D eigenvalue weighted by atomic mass is 10.2. The van der Waals surface area contributed by atoms with Crippen molar-refractivity contribution in [2.45, 2.75) is 6.92 Å². The minimum absolute atomic E-state index is 0.109. The normalized spacial score (nSPS) is 10.9. The number of thiazole rings is 1. The van der Waals surface area contributed by atoms with Gasteiger partial charge < -0.3 is 4.98 Å². The minimum Gasteiger partial charge on any atom is -0.357 e. The lowest BCUT2D eigenvalue weighted by Gasteiger charge is -2.18. The number of nitrogens with zero attached hydrogens (tertiary/aromatic N) is 3. The van der Waals surface area contributed by atoms with E-state index in [1.54, 1.807) is 23.7 Å². The zero-order valence-electron chi connectivity index (χ0n) is 13.9. The number of aromatic nitrogens is 2. The Bertz CT molecular complexity index is 1000. The predicted molar refractivity (Wildman–Crippen MR) is 97.1 cm³/mol. The molecule has 2 N–H and O–H groups in total. The molecule has 0 unspecified atom stereocenters. The van der Waals surface area contributed by atoms with Gasteiger partial charge in [-0.25, -0.2) is 19.2 Å². The second-order valence-electron chi connectivity index (χ2n) is 5.29. The van der Waals surface area contributed by atoms with Gasteiger partial charge >= 0.3 is 0 Å². The number of aromatic amines is 1. The van der Waals surface area contributed by atoms with E-state index in [1.165, 1.54) is 13.1 Å². The molecule has 2 heterocycles. The maximum absolute atomic E-state index is 14.0. The first-order chi connectivity index (χ1) is 13.0. The molecule has 0 fully saturated rings. The van der Waals surface area contributed by atoms with Crippen molar-refractivity contribution in [3.63, 3.8) is 0 Å². The van der Waals surface area contributed by atoms with E-state index in [0.717, 1.165) is 28.4 Å². The lowest BCUT2D eigenvalue weighted by molar-refractivity contribution is -0.115. The van der Waals surface area contributed by atoms with Crippen LogP contribution in [0.4, 0.5) is 19.6 Å². The van der Waals surface area contributed by atoms with E-state index in [4.69, 9.17) is 0 Å². The van der Waals surface area contributed by atoms with E-state index in [1.807, 2.05) is 0 Å². The maximum atomic E-state index is 14.0. The Balaban J connectivity index is 1.77. The van der Waals surface area contributed by atoms with Crippen LogP contribution < -0.4 is 10.3 Å². The molecule has 0 aliphatic rings. The molecular formula is C17H13F2N5O2S. The molecule has 0 aliphatic carbocycles. The largest absolute Gasteiger partial charge is 0.357 e. The summed E-state index contributed by atoms with van der Waals surface area (Å²) < 4.78 is 27.2. The Kier molecular flexibility index (Phi) is 5.36. The smallest absolute Gasteiger partial charge is 0.287 e. The molecular weight excluding hydrogens is 376 g/mol. The number of amides is 2. The van der Waals surface area contributed by atoms with Gasteiger partial charge in [0.15, 0.2) is 5.13 Å². The fourth-order valence-corrected chi connectivity index (χ4v) is 3.03. The summed E-state index contributed by atoms with van der Waals surface area (Å²) in [6.45, 7) is 1.24. The van der Waals surface area contributed by atoms with Gasteiger partial charge in [-0.05, 0) is 24.3 Å². The SMILES string of the molecule is CC(=O)N(c1nc(/C=N\NC(=O)c2ccc[nH]2)cs1)c1ccc(F)cc1F. The average molecular weight is 389 g/mol.